The Morgan fingerprint density at radius 2 is 0.774 bits per heavy atom. The molecule has 4 fully saturated rings. The summed E-state index contributed by atoms with van der Waals surface area (Å²) in [7, 11) is 0. The van der Waals surface area contributed by atoms with Crippen molar-refractivity contribution in [2.75, 3.05) is 26.4 Å². The van der Waals surface area contributed by atoms with E-state index in [0.717, 1.165) is 49.7 Å². The lowest BCUT2D eigenvalue weighted by Crippen LogP contribution is -2.55. The molecule has 4 saturated heterocycles. The second kappa shape index (κ2) is 24.5. The summed E-state index contributed by atoms with van der Waals surface area (Å²) in [5.41, 5.74) is 4.66. The molecule has 0 amide bonds. The van der Waals surface area contributed by atoms with Crippen LogP contribution in [0.1, 0.15) is 99.3 Å². The van der Waals surface area contributed by atoms with Crippen LogP contribution in [-0.2, 0) is 64.3 Å². The third-order valence-electron chi connectivity index (χ3n) is 12.1. The molecule has 2 spiro atoms. The molecular weight excluding hydrogens is 785 g/mol. The zero-order chi connectivity index (χ0) is 42.7. The highest BCUT2D eigenvalue weighted by atomic mass is 16.7. The molecule has 0 aliphatic carbocycles. The molecule has 336 valence electrons. The molecule has 10 heteroatoms. The first-order valence-corrected chi connectivity index (χ1v) is 23.0. The van der Waals surface area contributed by atoms with Crippen molar-refractivity contribution in [1.29, 1.82) is 0 Å². The SMILES string of the molecule is OC1CC(CCOCc2ccccc2)OC2(C1)CC(O)CC(CCOCc1ccccc1)O2.c1ccc(COCC2CCCC3(CCCC(COCc4ccccc4)O3)O2)cc1. The predicted molar refractivity (Wildman–Crippen MR) is 237 cm³/mol. The summed E-state index contributed by atoms with van der Waals surface area (Å²) in [4.78, 5) is 0. The molecule has 62 heavy (non-hydrogen) atoms. The lowest BCUT2D eigenvalue weighted by atomic mass is 9.88. The van der Waals surface area contributed by atoms with Gasteiger partial charge in [-0.25, -0.2) is 0 Å². The van der Waals surface area contributed by atoms with E-state index in [4.69, 9.17) is 37.9 Å². The van der Waals surface area contributed by atoms with Gasteiger partial charge < -0.3 is 48.1 Å². The van der Waals surface area contributed by atoms with Crippen LogP contribution in [0.2, 0.25) is 0 Å². The minimum Gasteiger partial charge on any atom is -0.393 e. The molecule has 0 bridgehead atoms. The van der Waals surface area contributed by atoms with Gasteiger partial charge in [-0.3, -0.25) is 0 Å². The Hall–Kier alpha value is -3.52. The molecule has 10 nitrogen and oxygen atoms in total. The standard InChI is InChI=1S/C27H36O6.C25H32O4/c28-23-15-25(11-13-30-19-21-7-3-1-4-8-21)32-27(17-23)18-24(29)16-26(33-27)12-14-31-20-22-9-5-2-6-10-22;1-3-9-21(10-4-1)17-26-19-23-13-7-15-25(28-23)16-8-14-24(29-25)20-27-18-22-11-5-2-6-12-22/h1-10,23-26,28-29H,11-20H2;1-6,9-12,23-24H,7-8,13-20H2. The van der Waals surface area contributed by atoms with E-state index in [-0.39, 0.29) is 24.4 Å². The Labute approximate surface area is 368 Å². The molecule has 4 aromatic rings. The van der Waals surface area contributed by atoms with Gasteiger partial charge in [0.1, 0.15) is 0 Å². The first-order chi connectivity index (χ1) is 30.4. The molecule has 4 aliphatic heterocycles. The molecule has 8 rings (SSSR count). The van der Waals surface area contributed by atoms with Crippen LogP contribution < -0.4 is 0 Å². The maximum Gasteiger partial charge on any atom is 0.173 e. The van der Waals surface area contributed by atoms with Crippen molar-refractivity contribution in [1.82, 2.24) is 0 Å². The zero-order valence-corrected chi connectivity index (χ0v) is 36.3. The molecule has 4 heterocycles. The Bertz CT molecular complexity index is 1660. The zero-order valence-electron chi connectivity index (χ0n) is 36.3. The highest BCUT2D eigenvalue weighted by Crippen LogP contribution is 2.41. The summed E-state index contributed by atoms with van der Waals surface area (Å²) in [6.45, 7) is 4.70. The van der Waals surface area contributed by atoms with Crippen LogP contribution in [0.5, 0.6) is 0 Å². The van der Waals surface area contributed by atoms with E-state index in [0.29, 0.717) is 91.4 Å². The highest BCUT2D eigenvalue weighted by molar-refractivity contribution is 5.15. The lowest BCUT2D eigenvalue weighted by Gasteiger charge is -2.48. The first kappa shape index (κ1) is 46.5. The molecule has 4 aromatic carbocycles. The van der Waals surface area contributed by atoms with Gasteiger partial charge in [0, 0.05) is 38.9 Å². The molecular formula is C52H68O10. The summed E-state index contributed by atoms with van der Waals surface area (Å²) in [5.74, 6) is -1.39. The Morgan fingerprint density at radius 3 is 1.15 bits per heavy atom. The Kier molecular flexibility index (Phi) is 18.4. The van der Waals surface area contributed by atoms with Gasteiger partial charge in [0.15, 0.2) is 11.6 Å². The van der Waals surface area contributed by atoms with Gasteiger partial charge in [0.05, 0.1) is 76.3 Å². The molecule has 0 aromatic heterocycles. The molecule has 6 unspecified atom stereocenters. The average Bonchev–Trinajstić information content (AvgIpc) is 3.28. The van der Waals surface area contributed by atoms with Crippen LogP contribution in [0.4, 0.5) is 0 Å². The van der Waals surface area contributed by atoms with Crippen LogP contribution in [0.15, 0.2) is 121 Å². The van der Waals surface area contributed by atoms with Crippen molar-refractivity contribution >= 4 is 0 Å². The van der Waals surface area contributed by atoms with Gasteiger partial charge in [-0.05, 0) is 73.6 Å². The number of rotatable bonds is 18. The summed E-state index contributed by atoms with van der Waals surface area (Å²) < 4.78 is 49.1. The van der Waals surface area contributed by atoms with Crippen LogP contribution in [0, 0.1) is 0 Å². The van der Waals surface area contributed by atoms with Crippen molar-refractivity contribution in [3.63, 3.8) is 0 Å². The monoisotopic (exact) mass is 852 g/mol. The molecule has 2 N–H and O–H groups in total. The van der Waals surface area contributed by atoms with E-state index in [9.17, 15) is 10.2 Å². The molecule has 0 radical (unpaired) electrons. The second-order valence-corrected chi connectivity index (χ2v) is 17.4. The smallest absolute Gasteiger partial charge is 0.173 e. The third-order valence-corrected chi connectivity index (χ3v) is 12.1. The molecule has 0 saturated carbocycles. The third kappa shape index (κ3) is 15.3. The van der Waals surface area contributed by atoms with Crippen LogP contribution in [0.3, 0.4) is 0 Å². The maximum atomic E-state index is 10.5. The topological polar surface area (TPSA) is 114 Å². The highest BCUT2D eigenvalue weighted by Gasteiger charge is 2.48. The second-order valence-electron chi connectivity index (χ2n) is 17.4. The fraction of sp³-hybridized carbons (Fsp3) is 0.538. The quantitative estimate of drug-likeness (QED) is 0.0940. The van der Waals surface area contributed by atoms with Crippen LogP contribution >= 0.6 is 0 Å². The lowest BCUT2D eigenvalue weighted by molar-refractivity contribution is -0.340. The number of aliphatic hydroxyl groups is 2. The van der Waals surface area contributed by atoms with Crippen molar-refractivity contribution < 1.29 is 48.1 Å². The van der Waals surface area contributed by atoms with Crippen LogP contribution in [0.25, 0.3) is 0 Å². The van der Waals surface area contributed by atoms with Gasteiger partial charge in [0.25, 0.3) is 0 Å². The van der Waals surface area contributed by atoms with E-state index in [2.05, 4.69) is 24.3 Å². The van der Waals surface area contributed by atoms with E-state index in [1.54, 1.807) is 0 Å². The van der Waals surface area contributed by atoms with Crippen molar-refractivity contribution in [3.8, 4) is 0 Å². The maximum absolute atomic E-state index is 10.5. The van der Waals surface area contributed by atoms with Gasteiger partial charge in [0.2, 0.25) is 0 Å². The summed E-state index contributed by atoms with van der Waals surface area (Å²) >= 11 is 0. The minimum absolute atomic E-state index is 0.108. The van der Waals surface area contributed by atoms with Crippen molar-refractivity contribution in [2.24, 2.45) is 0 Å². The number of hydrogen-bond acceptors (Lipinski definition) is 10. The van der Waals surface area contributed by atoms with Gasteiger partial charge >= 0.3 is 0 Å². The molecule has 4 aliphatic rings. The largest absolute Gasteiger partial charge is 0.393 e. The molecule has 6 atom stereocenters. The summed E-state index contributed by atoms with van der Waals surface area (Å²) in [5, 5.41) is 21.1. The fourth-order valence-electron chi connectivity index (χ4n) is 9.12. The van der Waals surface area contributed by atoms with Crippen molar-refractivity contribution in [2.45, 2.75) is 152 Å². The van der Waals surface area contributed by atoms with Gasteiger partial charge in [-0.2, -0.15) is 0 Å². The van der Waals surface area contributed by atoms with E-state index in [1.807, 2.05) is 97.1 Å². The Morgan fingerprint density at radius 1 is 0.435 bits per heavy atom. The number of hydrogen-bond donors (Lipinski definition) is 2. The normalized spacial score (nSPS) is 28.6. The Balaban J connectivity index is 0.000000188. The number of ether oxygens (including phenoxy) is 8. The van der Waals surface area contributed by atoms with E-state index >= 15 is 0 Å². The van der Waals surface area contributed by atoms with Crippen molar-refractivity contribution in [3.05, 3.63) is 144 Å². The van der Waals surface area contributed by atoms with Gasteiger partial charge in [-0.1, -0.05) is 121 Å². The number of aliphatic hydroxyl groups excluding tert-OH is 2. The minimum atomic E-state index is -0.941. The first-order valence-electron chi connectivity index (χ1n) is 23.0. The van der Waals surface area contributed by atoms with E-state index in [1.165, 1.54) is 11.1 Å². The number of benzene rings is 4. The predicted octanol–water partition coefficient (Wildman–Crippen LogP) is 9.23. The summed E-state index contributed by atoms with van der Waals surface area (Å²) in [6, 6.07) is 40.7. The summed E-state index contributed by atoms with van der Waals surface area (Å²) in [6.07, 6.45) is 8.35. The fourth-order valence-corrected chi connectivity index (χ4v) is 9.12. The van der Waals surface area contributed by atoms with Crippen LogP contribution in [-0.4, -0.2) is 84.8 Å². The van der Waals surface area contributed by atoms with E-state index < -0.39 is 23.8 Å². The average molecular weight is 853 g/mol. The van der Waals surface area contributed by atoms with Gasteiger partial charge in [-0.15, -0.1) is 0 Å².